The van der Waals surface area contributed by atoms with Gasteiger partial charge >= 0.3 is 6.18 Å². The summed E-state index contributed by atoms with van der Waals surface area (Å²) >= 11 is 0. The fourth-order valence-electron chi connectivity index (χ4n) is 4.34. The van der Waals surface area contributed by atoms with E-state index in [1.165, 1.54) is 17.6 Å². The Morgan fingerprint density at radius 2 is 1.97 bits per heavy atom. The molecule has 0 aliphatic carbocycles. The van der Waals surface area contributed by atoms with Crippen LogP contribution in [-0.2, 0) is 24.6 Å². The molecule has 3 heterocycles. The van der Waals surface area contributed by atoms with Crippen molar-refractivity contribution < 1.29 is 18.0 Å². The highest BCUT2D eigenvalue weighted by Crippen LogP contribution is 2.32. The molecule has 9 nitrogen and oxygen atoms in total. The number of carbonyl (C=O) groups excluding carboxylic acids is 1. The number of rotatable bonds is 5. The minimum absolute atomic E-state index is 0.00721. The Balaban J connectivity index is 1.69. The van der Waals surface area contributed by atoms with E-state index in [1.54, 1.807) is 20.0 Å². The molecule has 3 aromatic rings. The summed E-state index contributed by atoms with van der Waals surface area (Å²) in [5.74, 6) is 0.657. The maximum Gasteiger partial charge on any atom is 0.416 e. The van der Waals surface area contributed by atoms with Gasteiger partial charge in [0.05, 0.1) is 10.9 Å². The Kier molecular flexibility index (Phi) is 6.30. The average Bonchev–Trinajstić information content (AvgIpc) is 3.21. The van der Waals surface area contributed by atoms with Crippen LogP contribution < -0.4 is 26.8 Å². The van der Waals surface area contributed by atoms with Gasteiger partial charge in [-0.15, -0.1) is 0 Å². The van der Waals surface area contributed by atoms with E-state index in [0.29, 0.717) is 53.4 Å². The van der Waals surface area contributed by atoms with E-state index in [1.807, 2.05) is 4.90 Å². The molecule has 35 heavy (non-hydrogen) atoms. The van der Waals surface area contributed by atoms with Crippen molar-refractivity contribution in [1.29, 1.82) is 0 Å². The summed E-state index contributed by atoms with van der Waals surface area (Å²) in [4.78, 5) is 35.3. The van der Waals surface area contributed by atoms with Gasteiger partial charge in [0.1, 0.15) is 23.0 Å². The van der Waals surface area contributed by atoms with Crippen LogP contribution in [0.5, 0.6) is 0 Å². The Hall–Kier alpha value is -3.83. The smallest absolute Gasteiger partial charge is 0.399 e. The lowest BCUT2D eigenvalue weighted by molar-refractivity contribution is -0.137. The number of amides is 1. The summed E-state index contributed by atoms with van der Waals surface area (Å²) in [6.45, 7) is 4.23. The highest BCUT2D eigenvalue weighted by Gasteiger charge is 2.31. The van der Waals surface area contributed by atoms with Crippen molar-refractivity contribution >= 4 is 34.1 Å². The lowest BCUT2D eigenvalue weighted by Gasteiger charge is -2.20. The minimum atomic E-state index is -4.51. The lowest BCUT2D eigenvalue weighted by Crippen LogP contribution is -2.37. The number of nitrogens with one attached hydrogen (secondary N) is 2. The van der Waals surface area contributed by atoms with Crippen molar-refractivity contribution in [3.63, 3.8) is 0 Å². The van der Waals surface area contributed by atoms with Crippen LogP contribution in [0.25, 0.3) is 11.0 Å². The number of aromatic nitrogens is 3. The Morgan fingerprint density at radius 1 is 1.23 bits per heavy atom. The molecule has 2 aromatic heterocycles. The third-order valence-corrected chi connectivity index (χ3v) is 5.90. The van der Waals surface area contributed by atoms with Crippen LogP contribution in [0.3, 0.4) is 0 Å². The summed E-state index contributed by atoms with van der Waals surface area (Å²) in [5, 5.41) is 6.51. The number of anilines is 3. The summed E-state index contributed by atoms with van der Waals surface area (Å²) in [6.07, 6.45) is -3.81. The maximum atomic E-state index is 13.2. The quantitative estimate of drug-likeness (QED) is 0.472. The van der Waals surface area contributed by atoms with Crippen LogP contribution in [0.15, 0.2) is 29.1 Å². The van der Waals surface area contributed by atoms with Crippen LogP contribution in [-0.4, -0.2) is 39.6 Å². The van der Waals surface area contributed by atoms with E-state index in [0.717, 1.165) is 12.1 Å². The number of pyridine rings is 1. The zero-order valence-corrected chi connectivity index (χ0v) is 19.5. The largest absolute Gasteiger partial charge is 0.416 e. The van der Waals surface area contributed by atoms with Gasteiger partial charge in [-0.1, -0.05) is 0 Å². The molecule has 1 fully saturated rings. The van der Waals surface area contributed by atoms with Crippen molar-refractivity contribution in [3.8, 4) is 0 Å². The number of benzene rings is 1. The van der Waals surface area contributed by atoms with E-state index in [2.05, 4.69) is 20.6 Å². The molecule has 12 heteroatoms. The average molecular weight is 490 g/mol. The molecule has 1 saturated heterocycles. The van der Waals surface area contributed by atoms with Crippen molar-refractivity contribution in [2.75, 3.05) is 29.0 Å². The lowest BCUT2D eigenvalue weighted by atomic mass is 10.1. The molecule has 1 aliphatic heterocycles. The Morgan fingerprint density at radius 3 is 2.66 bits per heavy atom. The Bertz CT molecular complexity index is 1350. The second-order valence-corrected chi connectivity index (χ2v) is 8.70. The number of carbonyl (C=O) groups is 1. The first kappa shape index (κ1) is 24.3. The summed E-state index contributed by atoms with van der Waals surface area (Å²) in [6, 6.07) is 5.01. The fourth-order valence-corrected chi connectivity index (χ4v) is 4.34. The third-order valence-electron chi connectivity index (χ3n) is 5.90. The van der Waals surface area contributed by atoms with Crippen LogP contribution in [0.4, 0.5) is 30.4 Å². The molecule has 4 rings (SSSR count). The number of halogens is 3. The van der Waals surface area contributed by atoms with Gasteiger partial charge in [-0.05, 0) is 43.2 Å². The molecular weight excluding hydrogens is 463 g/mol. The molecule has 186 valence electrons. The number of hydrogen-bond donors (Lipinski definition) is 3. The van der Waals surface area contributed by atoms with Crippen molar-refractivity contribution in [3.05, 3.63) is 51.6 Å². The summed E-state index contributed by atoms with van der Waals surface area (Å²) < 4.78 is 41.0. The van der Waals surface area contributed by atoms with Crippen LogP contribution in [0.1, 0.15) is 30.3 Å². The van der Waals surface area contributed by atoms with E-state index >= 15 is 0 Å². The molecule has 1 aliphatic rings. The predicted molar refractivity (Wildman–Crippen MR) is 127 cm³/mol. The molecule has 0 radical (unpaired) electrons. The number of nitrogen functional groups attached to an aromatic ring is 1. The van der Waals surface area contributed by atoms with Gasteiger partial charge < -0.3 is 21.3 Å². The van der Waals surface area contributed by atoms with E-state index in [9.17, 15) is 22.8 Å². The number of aryl methyl sites for hydroxylation is 2. The first-order valence-corrected chi connectivity index (χ1v) is 11.0. The fraction of sp³-hybridized carbons (Fsp3) is 0.391. The third kappa shape index (κ3) is 5.15. The summed E-state index contributed by atoms with van der Waals surface area (Å²) in [5.41, 5.74) is 5.80. The first-order chi connectivity index (χ1) is 16.4. The van der Waals surface area contributed by atoms with Crippen molar-refractivity contribution in [2.45, 2.75) is 39.0 Å². The molecule has 0 saturated carbocycles. The second kappa shape index (κ2) is 9.08. The summed E-state index contributed by atoms with van der Waals surface area (Å²) in [7, 11) is 1.61. The number of nitrogens with two attached hydrogens (primary N) is 1. The SMILES string of the molecule is CC(=O)N[C@H]1CCN(c2cc3c(NCc4cc(N)cc(C(F)(F)F)c4)nc(C)nc3n(C)c2=O)C1. The zero-order valence-electron chi connectivity index (χ0n) is 19.5. The van der Waals surface area contributed by atoms with Crippen LogP contribution in [0, 0.1) is 6.92 Å². The van der Waals surface area contributed by atoms with E-state index in [-0.39, 0.29) is 29.7 Å². The monoisotopic (exact) mass is 489 g/mol. The van der Waals surface area contributed by atoms with Gasteiger partial charge in [0.25, 0.3) is 5.56 Å². The number of nitrogens with zero attached hydrogens (tertiary/aromatic N) is 4. The van der Waals surface area contributed by atoms with Crippen molar-refractivity contribution in [2.24, 2.45) is 7.05 Å². The molecule has 4 N–H and O–H groups in total. The maximum absolute atomic E-state index is 13.2. The van der Waals surface area contributed by atoms with Crippen LogP contribution in [0.2, 0.25) is 0 Å². The molecule has 1 atom stereocenters. The van der Waals surface area contributed by atoms with Gasteiger partial charge in [0, 0.05) is 45.3 Å². The van der Waals surface area contributed by atoms with Gasteiger partial charge in [0.2, 0.25) is 5.91 Å². The highest BCUT2D eigenvalue weighted by molar-refractivity contribution is 5.89. The van der Waals surface area contributed by atoms with E-state index in [4.69, 9.17) is 5.73 Å². The Labute approximate surface area is 199 Å². The number of hydrogen-bond acceptors (Lipinski definition) is 7. The highest BCUT2D eigenvalue weighted by atomic mass is 19.4. The number of fused-ring (bicyclic) bond motifs is 1. The van der Waals surface area contributed by atoms with Gasteiger partial charge in [-0.3, -0.25) is 14.2 Å². The minimum Gasteiger partial charge on any atom is -0.399 e. The molecule has 0 unspecified atom stereocenters. The van der Waals surface area contributed by atoms with Gasteiger partial charge in [-0.2, -0.15) is 13.2 Å². The first-order valence-electron chi connectivity index (χ1n) is 11.0. The zero-order chi connectivity index (χ0) is 25.5. The molecule has 0 bridgehead atoms. The van der Waals surface area contributed by atoms with E-state index < -0.39 is 11.7 Å². The standard InChI is InChI=1S/C23H26F3N7O2/c1-12-29-20(28-10-14-6-15(23(24,25)26)8-16(27)7-14)18-9-19(22(35)32(3)21(18)30-12)33-5-4-17(11-33)31-13(2)34/h6-9,17H,4-5,10-11,27H2,1-3H3,(H,31,34)(H,28,29,30)/t17-/m0/s1. The molecule has 1 amide bonds. The molecular formula is C23H26F3N7O2. The van der Waals surface area contributed by atoms with Crippen LogP contribution >= 0.6 is 0 Å². The normalized spacial score (nSPS) is 16.1. The molecule has 0 spiro atoms. The topological polar surface area (TPSA) is 118 Å². The molecule has 1 aromatic carbocycles. The number of alkyl halides is 3. The second-order valence-electron chi connectivity index (χ2n) is 8.70. The predicted octanol–water partition coefficient (Wildman–Crippen LogP) is 2.56. The van der Waals surface area contributed by atoms with Gasteiger partial charge in [-0.25, -0.2) is 9.97 Å². The van der Waals surface area contributed by atoms with Gasteiger partial charge in [0.15, 0.2) is 0 Å². The van der Waals surface area contributed by atoms with Crippen molar-refractivity contribution in [1.82, 2.24) is 19.9 Å².